The molecular weight excluding hydrogens is 200 g/mol. The number of hydrogen-bond acceptors (Lipinski definition) is 1. The first-order chi connectivity index (χ1) is 1.00. The van der Waals surface area contributed by atoms with E-state index < -0.39 is 0 Å². The van der Waals surface area contributed by atoms with Gasteiger partial charge in [-0.05, 0) is 0 Å². The molecule has 0 rings (SSSR count). The molecule has 0 fully saturated rings. The quantitative estimate of drug-likeness (QED) is 0.551. The van der Waals surface area contributed by atoms with E-state index in [-0.39, 0.29) is 45.4 Å². The molecule has 0 aliphatic heterocycles. The molecule has 0 amide bonds. The van der Waals surface area contributed by atoms with Crippen molar-refractivity contribution in [2.24, 2.45) is 0 Å². The van der Waals surface area contributed by atoms with Crippen LogP contribution in [0.1, 0.15) is 14.9 Å². The molecule has 0 saturated carbocycles. The Bertz CT molecular complexity index is 9.51. The number of rotatable bonds is 0. The van der Waals surface area contributed by atoms with Crippen LogP contribution >= 0.6 is 24.0 Å². The van der Waals surface area contributed by atoms with Crippen molar-refractivity contribution in [1.29, 1.82) is 0 Å². The van der Waals surface area contributed by atoms with Crippen molar-refractivity contribution in [2.45, 2.75) is 14.9 Å². The standard InChI is InChI=1S/2CH4.2Fe.H2S.S/h2*1H4;;;1H2;/q;;;+3;;. The van der Waals surface area contributed by atoms with Gasteiger partial charge in [-0.15, -0.1) is 0 Å². The van der Waals surface area contributed by atoms with E-state index in [1.165, 1.54) is 0 Å². The van der Waals surface area contributed by atoms with Gasteiger partial charge in [0.25, 0.3) is 0 Å². The summed E-state index contributed by atoms with van der Waals surface area (Å²) >= 11 is 2.83. The first-order valence-corrected chi connectivity index (χ1v) is 1.79. The van der Waals surface area contributed by atoms with E-state index >= 15 is 0 Å². The summed E-state index contributed by atoms with van der Waals surface area (Å²) in [7, 11) is 3.83. The molecule has 0 aliphatic carbocycles. The zero-order valence-corrected chi connectivity index (χ0v) is 5.64. The molecular formula is C2H10Fe2S2+3. The molecule has 4 heteroatoms. The maximum absolute atomic E-state index is 3.83. The van der Waals surface area contributed by atoms with Crippen LogP contribution in [-0.4, -0.2) is 0 Å². The molecule has 0 nitrogen and oxygen atoms in total. The molecule has 0 heterocycles. The molecule has 0 N–H and O–H groups in total. The first kappa shape index (κ1) is 48.8. The van der Waals surface area contributed by atoms with Crippen LogP contribution in [-0.2, 0) is 31.5 Å². The van der Waals surface area contributed by atoms with Crippen LogP contribution in [0.15, 0.2) is 0 Å². The summed E-state index contributed by atoms with van der Waals surface area (Å²) in [6.45, 7) is 0. The van der Waals surface area contributed by atoms with Gasteiger partial charge in [0.05, 0.1) is 0 Å². The Kier molecular flexibility index (Phi) is 654. The molecule has 0 bridgehead atoms. The Morgan fingerprint density at radius 1 is 1.00 bits per heavy atom. The van der Waals surface area contributed by atoms with Gasteiger partial charge in [-0.25, -0.2) is 0 Å². The summed E-state index contributed by atoms with van der Waals surface area (Å²) in [4.78, 5) is 0. The predicted molar refractivity (Wildman–Crippen MR) is 31.4 cm³/mol. The van der Waals surface area contributed by atoms with Gasteiger partial charge in [0, 0.05) is 0 Å². The average Bonchev–Trinajstić information content (AvgIpc) is 1.00. The second-order valence-electron chi connectivity index (χ2n) is 0. The fourth-order valence-electron chi connectivity index (χ4n) is 0. The van der Waals surface area contributed by atoms with E-state index in [0.29, 0.717) is 0 Å². The second-order valence-corrected chi connectivity index (χ2v) is 0. The summed E-state index contributed by atoms with van der Waals surface area (Å²) in [5.74, 6) is 0. The predicted octanol–water partition coefficient (Wildman–Crippen LogP) is 2.03. The summed E-state index contributed by atoms with van der Waals surface area (Å²) in [5.41, 5.74) is 0. The van der Waals surface area contributed by atoms with Crippen molar-refractivity contribution in [3.63, 3.8) is 0 Å². The molecule has 0 aliphatic rings. The normalized spacial score (nSPS) is 0.833. The molecule has 0 aromatic heterocycles. The third-order valence-corrected chi connectivity index (χ3v) is 0. The molecule has 0 spiro atoms. The summed E-state index contributed by atoms with van der Waals surface area (Å²) < 4.78 is 0. The molecule has 0 atom stereocenters. The Labute approximate surface area is 70.1 Å². The van der Waals surface area contributed by atoms with Gasteiger partial charge in [0.2, 0.25) is 0 Å². The van der Waals surface area contributed by atoms with Crippen LogP contribution in [0.4, 0.5) is 0 Å². The zero-order chi connectivity index (χ0) is 2.00. The van der Waals surface area contributed by atoms with Crippen molar-refractivity contribution in [1.82, 2.24) is 0 Å². The van der Waals surface area contributed by atoms with Crippen LogP contribution in [0, 0.1) is 0 Å². The van der Waals surface area contributed by atoms with Gasteiger partial charge >= 0.3 is 42.0 Å². The zero-order valence-electron chi connectivity index (χ0n) is 1.62. The van der Waals surface area contributed by atoms with E-state index in [2.05, 4.69) is 24.9 Å². The van der Waals surface area contributed by atoms with Crippen molar-refractivity contribution in [3.05, 3.63) is 0 Å². The van der Waals surface area contributed by atoms with E-state index in [4.69, 9.17) is 0 Å². The Morgan fingerprint density at radius 2 is 1.00 bits per heavy atom. The topological polar surface area (TPSA) is 0 Å². The Balaban J connectivity index is -0.000000000833. The van der Waals surface area contributed by atoms with Crippen molar-refractivity contribution in [2.75, 3.05) is 0 Å². The van der Waals surface area contributed by atoms with E-state index in [0.717, 1.165) is 0 Å². The fourth-order valence-corrected chi connectivity index (χ4v) is 0. The molecule has 6 heavy (non-hydrogen) atoms. The van der Waals surface area contributed by atoms with E-state index in [1.54, 1.807) is 0 Å². The molecule has 43 valence electrons. The van der Waals surface area contributed by atoms with Crippen molar-refractivity contribution >= 4 is 24.0 Å². The van der Waals surface area contributed by atoms with Gasteiger partial charge < -0.3 is 0 Å². The average molecular weight is 210 g/mol. The molecule has 0 saturated heterocycles. The van der Waals surface area contributed by atoms with E-state index in [1.807, 2.05) is 0 Å². The molecule has 0 unspecified atom stereocenters. The van der Waals surface area contributed by atoms with Crippen LogP contribution < -0.4 is 0 Å². The van der Waals surface area contributed by atoms with Crippen LogP contribution in [0.25, 0.3) is 0 Å². The van der Waals surface area contributed by atoms with Gasteiger partial charge in [-0.2, -0.15) is 13.5 Å². The van der Waals surface area contributed by atoms with Gasteiger partial charge in [0.1, 0.15) is 0 Å². The molecule has 0 aromatic carbocycles. The van der Waals surface area contributed by atoms with Crippen molar-refractivity contribution < 1.29 is 31.5 Å². The Morgan fingerprint density at radius 3 is 1.00 bits per heavy atom. The minimum atomic E-state index is 0. The maximum atomic E-state index is 3.83. The van der Waals surface area contributed by atoms with Crippen LogP contribution in [0.3, 0.4) is 0 Å². The van der Waals surface area contributed by atoms with Crippen LogP contribution in [0.2, 0.25) is 0 Å². The summed E-state index contributed by atoms with van der Waals surface area (Å²) in [6, 6.07) is 0. The minimum absolute atomic E-state index is 0. The number of hydrogen-bond donors (Lipinski definition) is 0. The molecule has 0 aromatic rings. The van der Waals surface area contributed by atoms with Gasteiger partial charge in [0.15, 0.2) is 0 Å². The fraction of sp³-hybridized carbons (Fsp3) is 1.00. The monoisotopic (exact) mass is 210 g/mol. The third kappa shape index (κ3) is 46.0. The molecule has 1 radical (unpaired) electrons. The summed E-state index contributed by atoms with van der Waals surface area (Å²) in [6.07, 6.45) is 0. The first-order valence-electron chi connectivity index (χ1n) is 0.144. The van der Waals surface area contributed by atoms with Crippen LogP contribution in [0.5, 0.6) is 0 Å². The van der Waals surface area contributed by atoms with Gasteiger partial charge in [-0.3, -0.25) is 0 Å². The summed E-state index contributed by atoms with van der Waals surface area (Å²) in [5, 5.41) is 0. The van der Waals surface area contributed by atoms with Crippen molar-refractivity contribution in [3.8, 4) is 0 Å². The second kappa shape index (κ2) is 80.3. The SMILES string of the molecule is C.C.S.[Fe+3].[S]=[Fe]. The van der Waals surface area contributed by atoms with Gasteiger partial charge in [-0.1, -0.05) is 14.9 Å². The third-order valence-electron chi connectivity index (χ3n) is 0. The van der Waals surface area contributed by atoms with E-state index in [9.17, 15) is 0 Å². The Hall–Kier alpha value is 1.61.